The van der Waals surface area contributed by atoms with Crippen LogP contribution in [0.1, 0.15) is 16.1 Å². The predicted molar refractivity (Wildman–Crippen MR) is 101 cm³/mol. The van der Waals surface area contributed by atoms with Crippen molar-refractivity contribution >= 4 is 27.5 Å². The largest absolute Gasteiger partial charge is 0.430 e. The Morgan fingerprint density at radius 3 is 2.15 bits per heavy atom. The Morgan fingerprint density at radius 1 is 0.970 bits per heavy atom. The van der Waals surface area contributed by atoms with Crippen LogP contribution in [0.5, 0.6) is 0 Å². The number of aromatic nitrogens is 4. The van der Waals surface area contributed by atoms with E-state index in [1.54, 1.807) is 5.32 Å². The van der Waals surface area contributed by atoms with Crippen LogP contribution in [0.4, 0.5) is 36.4 Å². The van der Waals surface area contributed by atoms with Crippen molar-refractivity contribution in [2.75, 3.05) is 5.32 Å². The standard InChI is InChI=1S/C18H9BrF7N5O2/c19-10-6-14(9(5-11(10)20)16(33,17(21,22)23)18(24,25)26)29-15(32)13-2-1-12(30-31-13)8-3-4-27-28-7-8/h1-7,33H,(H,29,32). The Morgan fingerprint density at radius 2 is 1.64 bits per heavy atom. The fraction of sp³-hybridized carbons (Fsp3) is 0.167. The molecule has 3 aromatic rings. The second-order valence-corrected chi connectivity index (χ2v) is 7.26. The molecule has 0 atom stereocenters. The first-order chi connectivity index (χ1) is 15.3. The van der Waals surface area contributed by atoms with Crippen LogP contribution in [0.3, 0.4) is 0 Å². The quantitative estimate of drug-likeness (QED) is 0.476. The second-order valence-electron chi connectivity index (χ2n) is 6.41. The molecule has 0 unspecified atom stereocenters. The number of alkyl halides is 6. The summed E-state index contributed by atoms with van der Waals surface area (Å²) in [7, 11) is 0. The van der Waals surface area contributed by atoms with Crippen molar-refractivity contribution in [3.63, 3.8) is 0 Å². The molecule has 0 spiro atoms. The third-order valence-electron chi connectivity index (χ3n) is 4.30. The number of carbonyl (C=O) groups excluding carboxylic acids is 1. The molecule has 7 nitrogen and oxygen atoms in total. The van der Waals surface area contributed by atoms with Gasteiger partial charge in [0.1, 0.15) is 5.82 Å². The zero-order valence-electron chi connectivity index (χ0n) is 15.7. The molecule has 2 heterocycles. The number of nitrogens with one attached hydrogen (secondary N) is 1. The summed E-state index contributed by atoms with van der Waals surface area (Å²) in [4.78, 5) is 12.4. The summed E-state index contributed by atoms with van der Waals surface area (Å²) >= 11 is 2.62. The normalized spacial score (nSPS) is 12.5. The van der Waals surface area contributed by atoms with Gasteiger partial charge >= 0.3 is 12.4 Å². The minimum Gasteiger partial charge on any atom is -0.369 e. The van der Waals surface area contributed by atoms with Gasteiger partial charge in [-0.05, 0) is 46.3 Å². The summed E-state index contributed by atoms with van der Waals surface area (Å²) < 4.78 is 93.2. The van der Waals surface area contributed by atoms with Gasteiger partial charge in [0.05, 0.1) is 22.6 Å². The van der Waals surface area contributed by atoms with Crippen LogP contribution in [0.25, 0.3) is 11.3 Å². The fourth-order valence-corrected chi connectivity index (χ4v) is 2.99. The molecule has 0 aliphatic heterocycles. The number of amides is 1. The van der Waals surface area contributed by atoms with Crippen LogP contribution < -0.4 is 5.32 Å². The van der Waals surface area contributed by atoms with E-state index < -0.39 is 51.1 Å². The SMILES string of the molecule is O=C(Nc1cc(Br)c(F)cc1C(O)(C(F)(F)F)C(F)(F)F)c1ccc(-c2ccnnc2)nn1. The smallest absolute Gasteiger partial charge is 0.369 e. The lowest BCUT2D eigenvalue weighted by Gasteiger charge is -2.34. The van der Waals surface area contributed by atoms with Gasteiger partial charge in [0.2, 0.25) is 0 Å². The van der Waals surface area contributed by atoms with Crippen molar-refractivity contribution in [1.82, 2.24) is 20.4 Å². The topological polar surface area (TPSA) is 101 Å². The molecule has 174 valence electrons. The van der Waals surface area contributed by atoms with Crippen molar-refractivity contribution in [3.05, 3.63) is 64.3 Å². The number of anilines is 1. The molecule has 0 radical (unpaired) electrons. The maximum absolute atomic E-state index is 13.9. The fourth-order valence-electron chi connectivity index (χ4n) is 2.65. The van der Waals surface area contributed by atoms with Gasteiger partial charge in [0.15, 0.2) is 5.69 Å². The third-order valence-corrected chi connectivity index (χ3v) is 4.90. The van der Waals surface area contributed by atoms with E-state index >= 15 is 0 Å². The number of carbonyl (C=O) groups is 1. The van der Waals surface area contributed by atoms with Gasteiger partial charge in [-0.15, -0.1) is 10.2 Å². The molecule has 0 fully saturated rings. The van der Waals surface area contributed by atoms with E-state index in [9.17, 15) is 40.6 Å². The Bertz CT molecular complexity index is 1160. The second kappa shape index (κ2) is 8.62. The van der Waals surface area contributed by atoms with Gasteiger partial charge < -0.3 is 10.4 Å². The lowest BCUT2D eigenvalue weighted by molar-refractivity contribution is -0.376. The molecular formula is C18H9BrF7N5O2. The average Bonchev–Trinajstić information content (AvgIpc) is 2.74. The maximum Gasteiger partial charge on any atom is 0.430 e. The molecule has 1 aromatic carbocycles. The van der Waals surface area contributed by atoms with Crippen LogP contribution in [-0.4, -0.2) is 43.8 Å². The zero-order chi connectivity index (χ0) is 24.6. The Balaban J connectivity index is 2.02. The van der Waals surface area contributed by atoms with Gasteiger partial charge in [-0.2, -0.15) is 36.5 Å². The first-order valence-electron chi connectivity index (χ1n) is 8.53. The van der Waals surface area contributed by atoms with Gasteiger partial charge in [-0.25, -0.2) is 4.39 Å². The summed E-state index contributed by atoms with van der Waals surface area (Å²) in [5.41, 5.74) is -8.38. The molecule has 2 aromatic heterocycles. The number of rotatable bonds is 4. The van der Waals surface area contributed by atoms with Gasteiger partial charge in [0.25, 0.3) is 11.5 Å². The van der Waals surface area contributed by atoms with Crippen molar-refractivity contribution in [1.29, 1.82) is 0 Å². The number of hydrogen-bond donors (Lipinski definition) is 2. The number of halogens is 8. The molecule has 0 bridgehead atoms. The van der Waals surface area contributed by atoms with Gasteiger partial charge in [-0.3, -0.25) is 4.79 Å². The lowest BCUT2D eigenvalue weighted by atomic mass is 9.90. The summed E-state index contributed by atoms with van der Waals surface area (Å²) in [6, 6.07) is 4.19. The van der Waals surface area contributed by atoms with E-state index in [0.717, 1.165) is 6.07 Å². The van der Waals surface area contributed by atoms with E-state index in [1.165, 1.54) is 24.5 Å². The molecule has 3 rings (SSSR count). The molecule has 0 saturated carbocycles. The molecule has 0 aliphatic carbocycles. The van der Waals surface area contributed by atoms with Crippen LogP contribution in [0.2, 0.25) is 0 Å². The molecule has 0 aliphatic rings. The number of hydrogen-bond acceptors (Lipinski definition) is 6. The highest BCUT2D eigenvalue weighted by molar-refractivity contribution is 9.10. The number of nitrogens with zero attached hydrogens (tertiary/aromatic N) is 4. The monoisotopic (exact) mass is 539 g/mol. The Kier molecular flexibility index (Phi) is 6.39. The number of benzene rings is 1. The van der Waals surface area contributed by atoms with Gasteiger partial charge in [0, 0.05) is 16.8 Å². The van der Waals surface area contributed by atoms with Crippen molar-refractivity contribution in [3.8, 4) is 11.3 Å². The molecule has 2 N–H and O–H groups in total. The highest BCUT2D eigenvalue weighted by Gasteiger charge is 2.72. The summed E-state index contributed by atoms with van der Waals surface area (Å²) in [6.07, 6.45) is -9.91. The van der Waals surface area contributed by atoms with Crippen LogP contribution in [0, 0.1) is 5.82 Å². The van der Waals surface area contributed by atoms with Crippen molar-refractivity contribution in [2.24, 2.45) is 0 Å². The summed E-state index contributed by atoms with van der Waals surface area (Å²) in [5, 5.41) is 26.0. The van der Waals surface area contributed by atoms with Gasteiger partial charge in [-0.1, -0.05) is 0 Å². The first-order valence-corrected chi connectivity index (χ1v) is 9.32. The molecule has 0 saturated heterocycles. The zero-order valence-corrected chi connectivity index (χ0v) is 17.3. The van der Waals surface area contributed by atoms with E-state index in [-0.39, 0.29) is 11.8 Å². The predicted octanol–water partition coefficient (Wildman–Crippen LogP) is 4.40. The minimum absolute atomic E-state index is 0.175. The van der Waals surface area contributed by atoms with E-state index in [2.05, 4.69) is 36.3 Å². The van der Waals surface area contributed by atoms with Crippen LogP contribution in [-0.2, 0) is 5.60 Å². The van der Waals surface area contributed by atoms with Crippen molar-refractivity contribution < 1.29 is 40.6 Å². The maximum atomic E-state index is 13.9. The van der Waals surface area contributed by atoms with E-state index in [1.807, 2.05) is 0 Å². The summed E-state index contributed by atoms with van der Waals surface area (Å²) in [5.74, 6) is -2.81. The Hall–Kier alpha value is -3.20. The summed E-state index contributed by atoms with van der Waals surface area (Å²) in [6.45, 7) is 0. The highest BCUT2D eigenvalue weighted by Crippen LogP contribution is 2.52. The minimum atomic E-state index is -6.30. The molecule has 1 amide bonds. The van der Waals surface area contributed by atoms with Crippen molar-refractivity contribution in [2.45, 2.75) is 18.0 Å². The molecule has 15 heteroatoms. The average molecular weight is 540 g/mol. The van der Waals surface area contributed by atoms with Crippen LogP contribution in [0.15, 0.2) is 47.2 Å². The molecular weight excluding hydrogens is 531 g/mol. The lowest BCUT2D eigenvalue weighted by Crippen LogP contribution is -2.54. The highest BCUT2D eigenvalue weighted by atomic mass is 79.9. The third kappa shape index (κ3) is 4.64. The molecule has 33 heavy (non-hydrogen) atoms. The number of aliphatic hydroxyl groups is 1. The van der Waals surface area contributed by atoms with E-state index in [0.29, 0.717) is 11.6 Å². The Labute approximate surface area is 187 Å². The van der Waals surface area contributed by atoms with Crippen LogP contribution >= 0.6 is 15.9 Å². The first kappa shape index (κ1) is 24.4. The van der Waals surface area contributed by atoms with E-state index in [4.69, 9.17) is 0 Å².